The van der Waals surface area contributed by atoms with Crippen molar-refractivity contribution >= 4 is 27.9 Å². The third-order valence-corrected chi connectivity index (χ3v) is 3.11. The maximum absolute atomic E-state index is 11.7. The van der Waals surface area contributed by atoms with Crippen LogP contribution in [0.4, 0.5) is 0 Å². The van der Waals surface area contributed by atoms with E-state index in [-0.39, 0.29) is 5.91 Å². The molecule has 4 nitrogen and oxygen atoms in total. The van der Waals surface area contributed by atoms with Crippen LogP contribution < -0.4 is 5.43 Å². The zero-order valence-corrected chi connectivity index (χ0v) is 11.5. The first-order valence-corrected chi connectivity index (χ1v) is 6.60. The summed E-state index contributed by atoms with van der Waals surface area (Å²) >= 11 is 3.37. The number of carbonyl (C=O) groups excluding carboxylic acids is 1. The molecule has 1 aliphatic rings. The number of nitrogens with zero attached hydrogens (tertiary/aromatic N) is 1. The highest BCUT2D eigenvalue weighted by atomic mass is 79.9. The minimum atomic E-state index is -0.111. The summed E-state index contributed by atoms with van der Waals surface area (Å²) in [5.41, 5.74) is 3.81. The van der Waals surface area contributed by atoms with Crippen molar-refractivity contribution in [3.05, 3.63) is 40.4 Å². The van der Waals surface area contributed by atoms with Crippen LogP contribution in [-0.4, -0.2) is 37.2 Å². The van der Waals surface area contributed by atoms with Gasteiger partial charge in [0.1, 0.15) is 0 Å². The Balaban J connectivity index is 1.84. The molecule has 0 saturated carbocycles. The van der Waals surface area contributed by atoms with Gasteiger partial charge in [-0.15, -0.1) is 0 Å². The zero-order chi connectivity index (χ0) is 12.8. The Labute approximate surface area is 115 Å². The Morgan fingerprint density at radius 3 is 2.61 bits per heavy atom. The lowest BCUT2D eigenvalue weighted by molar-refractivity contribution is -0.123. The number of hydrogen-bond acceptors (Lipinski definition) is 3. The molecule has 1 aromatic carbocycles. The average molecular weight is 311 g/mol. The zero-order valence-electron chi connectivity index (χ0n) is 9.93. The maximum Gasteiger partial charge on any atom is 0.258 e. The van der Waals surface area contributed by atoms with E-state index in [0.717, 1.165) is 23.1 Å². The monoisotopic (exact) mass is 310 g/mol. The van der Waals surface area contributed by atoms with E-state index in [2.05, 4.69) is 21.4 Å². The van der Waals surface area contributed by atoms with E-state index in [1.807, 2.05) is 29.3 Å². The Bertz CT molecular complexity index is 425. The fourth-order valence-electron chi connectivity index (χ4n) is 1.61. The van der Waals surface area contributed by atoms with Crippen LogP contribution in [0.3, 0.4) is 0 Å². The number of halogens is 1. The predicted octanol–water partition coefficient (Wildman–Crippen LogP) is 1.83. The van der Waals surface area contributed by atoms with Crippen LogP contribution in [0.2, 0.25) is 0 Å². The normalized spacial score (nSPS) is 16.9. The molecule has 0 aliphatic carbocycles. The highest BCUT2D eigenvalue weighted by Gasteiger charge is 2.10. The Kier molecular flexibility index (Phi) is 4.92. The number of benzene rings is 1. The molecule has 1 N–H and O–H groups in total. The molecule has 2 rings (SSSR count). The predicted molar refractivity (Wildman–Crippen MR) is 73.7 cm³/mol. The first kappa shape index (κ1) is 13.3. The molecule has 96 valence electrons. The van der Waals surface area contributed by atoms with Crippen LogP contribution in [0.15, 0.2) is 34.8 Å². The third kappa shape index (κ3) is 4.25. The van der Waals surface area contributed by atoms with E-state index in [4.69, 9.17) is 4.74 Å². The van der Waals surface area contributed by atoms with Gasteiger partial charge in [-0.05, 0) is 23.8 Å². The van der Waals surface area contributed by atoms with Crippen LogP contribution in [0.5, 0.6) is 0 Å². The van der Waals surface area contributed by atoms with Gasteiger partial charge in [0, 0.05) is 23.6 Å². The molecular weight excluding hydrogens is 296 g/mol. The smallest absolute Gasteiger partial charge is 0.258 e. The van der Waals surface area contributed by atoms with Crippen LogP contribution >= 0.6 is 15.9 Å². The van der Waals surface area contributed by atoms with Crippen LogP contribution in [0.1, 0.15) is 5.56 Å². The summed E-state index contributed by atoms with van der Waals surface area (Å²) in [4.78, 5) is 11.7. The van der Waals surface area contributed by atoms with Crippen molar-refractivity contribution in [2.45, 2.75) is 0 Å². The lowest BCUT2D eigenvalue weighted by atomic mass is 10.2. The standard InChI is InChI=1S/C13H15BrN2O2/c14-12-4-1-11(2-5-12)3-6-13(17)15-16-7-9-18-10-8-16/h1-6H,7-10H2,(H,15,17)/b6-3+. The van der Waals surface area contributed by atoms with E-state index in [1.54, 1.807) is 12.2 Å². The van der Waals surface area contributed by atoms with Crippen molar-refractivity contribution in [3.63, 3.8) is 0 Å². The van der Waals surface area contributed by atoms with Gasteiger partial charge in [0.25, 0.3) is 5.91 Å². The number of ether oxygens (including phenoxy) is 1. The Morgan fingerprint density at radius 2 is 1.94 bits per heavy atom. The topological polar surface area (TPSA) is 41.6 Å². The number of nitrogens with one attached hydrogen (secondary N) is 1. The van der Waals surface area contributed by atoms with E-state index in [1.165, 1.54) is 0 Å². The second-order valence-electron chi connectivity index (χ2n) is 3.96. The third-order valence-electron chi connectivity index (χ3n) is 2.58. The fraction of sp³-hybridized carbons (Fsp3) is 0.308. The maximum atomic E-state index is 11.7. The number of morpholine rings is 1. The molecule has 0 bridgehead atoms. The SMILES string of the molecule is O=C(/C=C/c1ccc(Br)cc1)NN1CCOCC1. The van der Waals surface area contributed by atoms with Crippen LogP contribution in [0, 0.1) is 0 Å². The summed E-state index contributed by atoms with van der Waals surface area (Å²) in [5, 5.41) is 1.87. The minimum absolute atomic E-state index is 0.111. The second kappa shape index (κ2) is 6.68. The molecule has 0 radical (unpaired) electrons. The number of hydrogen-bond donors (Lipinski definition) is 1. The summed E-state index contributed by atoms with van der Waals surface area (Å²) in [5.74, 6) is -0.111. The number of carbonyl (C=O) groups is 1. The molecule has 0 spiro atoms. The van der Waals surface area contributed by atoms with Crippen molar-refractivity contribution in [1.29, 1.82) is 0 Å². The molecule has 1 fully saturated rings. The van der Waals surface area contributed by atoms with Gasteiger partial charge in [-0.25, -0.2) is 5.01 Å². The fourth-order valence-corrected chi connectivity index (χ4v) is 1.88. The summed E-state index contributed by atoms with van der Waals surface area (Å²) < 4.78 is 6.23. The van der Waals surface area contributed by atoms with E-state index in [9.17, 15) is 4.79 Å². The highest BCUT2D eigenvalue weighted by molar-refractivity contribution is 9.10. The average Bonchev–Trinajstić information content (AvgIpc) is 2.39. The van der Waals surface area contributed by atoms with Gasteiger partial charge in [0.05, 0.1) is 13.2 Å². The number of hydrazine groups is 1. The molecule has 5 heteroatoms. The molecule has 0 atom stereocenters. The summed E-state index contributed by atoms with van der Waals surface area (Å²) in [6, 6.07) is 7.78. The summed E-state index contributed by atoms with van der Waals surface area (Å²) in [7, 11) is 0. The second-order valence-corrected chi connectivity index (χ2v) is 4.88. The summed E-state index contributed by atoms with van der Waals surface area (Å²) in [6.07, 6.45) is 3.33. The molecule has 1 saturated heterocycles. The van der Waals surface area contributed by atoms with Gasteiger partial charge >= 0.3 is 0 Å². The lowest BCUT2D eigenvalue weighted by Crippen LogP contribution is -2.47. The number of amides is 1. The van der Waals surface area contributed by atoms with Gasteiger partial charge in [-0.1, -0.05) is 28.1 Å². The van der Waals surface area contributed by atoms with Crippen LogP contribution in [0.25, 0.3) is 6.08 Å². The Hall–Kier alpha value is -1.17. The minimum Gasteiger partial charge on any atom is -0.379 e. The van der Waals surface area contributed by atoms with Crippen molar-refractivity contribution in [2.24, 2.45) is 0 Å². The van der Waals surface area contributed by atoms with Crippen molar-refractivity contribution < 1.29 is 9.53 Å². The quantitative estimate of drug-likeness (QED) is 0.866. The molecule has 0 unspecified atom stereocenters. The summed E-state index contributed by atoms with van der Waals surface area (Å²) in [6.45, 7) is 2.79. The van der Waals surface area contributed by atoms with Gasteiger partial charge < -0.3 is 4.74 Å². The van der Waals surface area contributed by atoms with Gasteiger partial charge in [0.2, 0.25) is 0 Å². The molecule has 18 heavy (non-hydrogen) atoms. The molecule has 1 heterocycles. The van der Waals surface area contributed by atoms with Gasteiger partial charge in [0.15, 0.2) is 0 Å². The molecule has 1 aromatic rings. The van der Waals surface area contributed by atoms with Crippen molar-refractivity contribution in [2.75, 3.05) is 26.3 Å². The van der Waals surface area contributed by atoms with Gasteiger partial charge in [-0.2, -0.15) is 0 Å². The van der Waals surface area contributed by atoms with E-state index >= 15 is 0 Å². The molecule has 1 aliphatic heterocycles. The molecule has 1 amide bonds. The van der Waals surface area contributed by atoms with E-state index in [0.29, 0.717) is 13.2 Å². The molecule has 0 aromatic heterocycles. The number of rotatable bonds is 3. The largest absolute Gasteiger partial charge is 0.379 e. The molecular formula is C13H15BrN2O2. The first-order valence-electron chi connectivity index (χ1n) is 5.81. The van der Waals surface area contributed by atoms with Crippen molar-refractivity contribution in [3.8, 4) is 0 Å². The van der Waals surface area contributed by atoms with Crippen molar-refractivity contribution in [1.82, 2.24) is 10.4 Å². The van der Waals surface area contributed by atoms with E-state index < -0.39 is 0 Å². The Morgan fingerprint density at radius 1 is 1.28 bits per heavy atom. The first-order chi connectivity index (χ1) is 8.74. The van der Waals surface area contributed by atoms with Crippen LogP contribution in [-0.2, 0) is 9.53 Å². The van der Waals surface area contributed by atoms with Gasteiger partial charge in [-0.3, -0.25) is 10.2 Å². The lowest BCUT2D eigenvalue weighted by Gasteiger charge is -2.26. The highest BCUT2D eigenvalue weighted by Crippen LogP contribution is 2.11.